The van der Waals surface area contributed by atoms with Gasteiger partial charge >= 0.3 is 0 Å². The van der Waals surface area contributed by atoms with E-state index in [9.17, 15) is 0 Å². The Hall–Kier alpha value is -3.67. The molecule has 4 rings (SSSR count). The maximum atomic E-state index is 8.87. The number of pyridine rings is 1. The van der Waals surface area contributed by atoms with Gasteiger partial charge in [0.2, 0.25) is 0 Å². The van der Waals surface area contributed by atoms with Crippen LogP contribution in [-0.4, -0.2) is 25.5 Å². The first kappa shape index (κ1) is 15.8. The fourth-order valence-electron chi connectivity index (χ4n) is 2.84. The monoisotopic (exact) mass is 343 g/mol. The van der Waals surface area contributed by atoms with Gasteiger partial charge in [0, 0.05) is 29.5 Å². The molecule has 2 N–H and O–H groups in total. The van der Waals surface area contributed by atoms with Gasteiger partial charge in [-0.3, -0.25) is 0 Å². The Morgan fingerprint density at radius 1 is 1.12 bits per heavy atom. The number of oxime groups is 1. The van der Waals surface area contributed by atoms with E-state index < -0.39 is 0 Å². The molecule has 0 amide bonds. The van der Waals surface area contributed by atoms with E-state index in [1.54, 1.807) is 19.4 Å². The molecule has 4 aromatic rings. The molecular weight excluding hydrogens is 326 g/mol. The Labute approximate surface area is 150 Å². The van der Waals surface area contributed by atoms with E-state index in [0.717, 1.165) is 33.7 Å². The molecule has 6 heteroatoms. The van der Waals surface area contributed by atoms with E-state index in [0.29, 0.717) is 5.71 Å². The van der Waals surface area contributed by atoms with Crippen molar-refractivity contribution in [3.8, 4) is 5.69 Å². The number of fused-ring (bicyclic) bond motifs is 1. The zero-order valence-corrected chi connectivity index (χ0v) is 14.2. The molecule has 0 bridgehead atoms. The van der Waals surface area contributed by atoms with Crippen molar-refractivity contribution in [2.24, 2.45) is 5.16 Å². The third-order valence-corrected chi connectivity index (χ3v) is 4.20. The standard InChI is InChI=1S/C20H17N5O/c1-14(24-26)15-6-8-16(9-7-15)22-20-12-19(25-11-10-21-13-25)17-4-2-3-5-18(17)23-20/h2-13,26H,1H3,(H,22,23)/b24-14-. The first-order valence-electron chi connectivity index (χ1n) is 8.19. The Bertz CT molecular complexity index is 1070. The summed E-state index contributed by atoms with van der Waals surface area (Å²) in [6, 6.07) is 17.7. The molecule has 0 saturated carbocycles. The van der Waals surface area contributed by atoms with Crippen LogP contribution in [0.3, 0.4) is 0 Å². The molecule has 128 valence electrons. The highest BCUT2D eigenvalue weighted by atomic mass is 16.4. The van der Waals surface area contributed by atoms with Crippen molar-refractivity contribution in [3.63, 3.8) is 0 Å². The number of nitrogens with one attached hydrogen (secondary N) is 1. The number of nitrogens with zero attached hydrogens (tertiary/aromatic N) is 4. The molecule has 0 atom stereocenters. The van der Waals surface area contributed by atoms with Gasteiger partial charge in [-0.05, 0) is 30.7 Å². The van der Waals surface area contributed by atoms with Crippen molar-refractivity contribution >= 4 is 28.1 Å². The number of anilines is 2. The number of hydrogen-bond acceptors (Lipinski definition) is 5. The normalized spacial score (nSPS) is 11.7. The molecule has 0 unspecified atom stereocenters. The maximum absolute atomic E-state index is 8.87. The van der Waals surface area contributed by atoms with E-state index in [-0.39, 0.29) is 0 Å². The van der Waals surface area contributed by atoms with E-state index in [4.69, 9.17) is 10.2 Å². The summed E-state index contributed by atoms with van der Waals surface area (Å²) in [6.07, 6.45) is 5.45. The minimum atomic E-state index is 0.572. The van der Waals surface area contributed by atoms with Crippen LogP contribution in [0.15, 0.2) is 78.5 Å². The second-order valence-corrected chi connectivity index (χ2v) is 5.90. The highest BCUT2D eigenvalue weighted by Crippen LogP contribution is 2.26. The summed E-state index contributed by atoms with van der Waals surface area (Å²) in [7, 11) is 0. The van der Waals surface area contributed by atoms with Crippen molar-refractivity contribution in [1.29, 1.82) is 0 Å². The first-order valence-corrected chi connectivity index (χ1v) is 8.19. The number of para-hydroxylation sites is 1. The van der Waals surface area contributed by atoms with Crippen LogP contribution in [0.5, 0.6) is 0 Å². The lowest BCUT2D eigenvalue weighted by Gasteiger charge is -2.12. The summed E-state index contributed by atoms with van der Waals surface area (Å²) < 4.78 is 1.97. The molecular formula is C20H17N5O. The smallest absolute Gasteiger partial charge is 0.133 e. The number of imidazole rings is 1. The van der Waals surface area contributed by atoms with Crippen molar-refractivity contribution < 1.29 is 5.21 Å². The number of benzene rings is 2. The van der Waals surface area contributed by atoms with Crippen LogP contribution >= 0.6 is 0 Å². The van der Waals surface area contributed by atoms with Crippen LogP contribution in [0.25, 0.3) is 16.6 Å². The van der Waals surface area contributed by atoms with Crippen molar-refractivity contribution in [2.45, 2.75) is 6.92 Å². The summed E-state index contributed by atoms with van der Waals surface area (Å²) in [5.41, 5.74) is 4.25. The number of hydrogen-bond donors (Lipinski definition) is 2. The number of aromatic nitrogens is 3. The Morgan fingerprint density at radius 3 is 2.65 bits per heavy atom. The van der Waals surface area contributed by atoms with Crippen LogP contribution in [0.2, 0.25) is 0 Å². The van der Waals surface area contributed by atoms with Gasteiger partial charge in [-0.25, -0.2) is 9.97 Å². The summed E-state index contributed by atoms with van der Waals surface area (Å²) in [4.78, 5) is 8.85. The Morgan fingerprint density at radius 2 is 1.92 bits per heavy atom. The Balaban J connectivity index is 1.73. The molecule has 0 aliphatic heterocycles. The molecule has 2 aromatic carbocycles. The largest absolute Gasteiger partial charge is 0.411 e. The second kappa shape index (κ2) is 6.68. The predicted molar refractivity (Wildman–Crippen MR) is 103 cm³/mol. The lowest BCUT2D eigenvalue weighted by Crippen LogP contribution is -2.00. The van der Waals surface area contributed by atoms with Gasteiger partial charge in [-0.2, -0.15) is 0 Å². The second-order valence-electron chi connectivity index (χ2n) is 5.90. The molecule has 0 aliphatic rings. The van der Waals surface area contributed by atoms with E-state index in [1.807, 2.05) is 65.4 Å². The quantitative estimate of drug-likeness (QED) is 0.328. The third-order valence-electron chi connectivity index (χ3n) is 4.20. The highest BCUT2D eigenvalue weighted by molar-refractivity contribution is 5.98. The molecule has 2 heterocycles. The van der Waals surface area contributed by atoms with Crippen LogP contribution in [-0.2, 0) is 0 Å². The Kier molecular flexibility index (Phi) is 4.07. The van der Waals surface area contributed by atoms with Crippen LogP contribution < -0.4 is 5.32 Å². The molecule has 0 saturated heterocycles. The SMILES string of the molecule is C/C(=N/O)c1ccc(Nc2cc(-n3ccnc3)c3ccccc3n2)cc1. The van der Waals surface area contributed by atoms with Gasteiger partial charge in [0.05, 0.1) is 23.2 Å². The average Bonchev–Trinajstić information content (AvgIpc) is 3.22. The van der Waals surface area contributed by atoms with Crippen LogP contribution in [0.1, 0.15) is 12.5 Å². The van der Waals surface area contributed by atoms with Gasteiger partial charge in [0.25, 0.3) is 0 Å². The van der Waals surface area contributed by atoms with E-state index >= 15 is 0 Å². The van der Waals surface area contributed by atoms with Crippen LogP contribution in [0, 0.1) is 0 Å². The maximum Gasteiger partial charge on any atom is 0.133 e. The fraction of sp³-hybridized carbons (Fsp3) is 0.0500. The van der Waals surface area contributed by atoms with Gasteiger partial charge in [-0.15, -0.1) is 0 Å². The van der Waals surface area contributed by atoms with Crippen LogP contribution in [0.4, 0.5) is 11.5 Å². The van der Waals surface area contributed by atoms with Gasteiger partial charge < -0.3 is 15.1 Å². The first-order chi connectivity index (χ1) is 12.7. The summed E-state index contributed by atoms with van der Waals surface area (Å²) >= 11 is 0. The molecule has 0 aliphatic carbocycles. The van der Waals surface area contributed by atoms with Crippen molar-refractivity contribution in [2.75, 3.05) is 5.32 Å². The molecule has 26 heavy (non-hydrogen) atoms. The minimum Gasteiger partial charge on any atom is -0.411 e. The molecule has 2 aromatic heterocycles. The molecule has 0 fully saturated rings. The summed E-state index contributed by atoms with van der Waals surface area (Å²) in [6.45, 7) is 1.75. The lowest BCUT2D eigenvalue weighted by molar-refractivity contribution is 0.319. The molecule has 6 nitrogen and oxygen atoms in total. The van der Waals surface area contributed by atoms with E-state index in [1.165, 1.54) is 0 Å². The van der Waals surface area contributed by atoms with Crippen molar-refractivity contribution in [3.05, 3.63) is 78.9 Å². The van der Waals surface area contributed by atoms with Gasteiger partial charge in [-0.1, -0.05) is 35.5 Å². The van der Waals surface area contributed by atoms with E-state index in [2.05, 4.69) is 15.5 Å². The zero-order valence-electron chi connectivity index (χ0n) is 14.2. The molecule has 0 spiro atoms. The highest BCUT2D eigenvalue weighted by Gasteiger charge is 2.08. The van der Waals surface area contributed by atoms with Gasteiger partial charge in [0.1, 0.15) is 5.82 Å². The average molecular weight is 343 g/mol. The van der Waals surface area contributed by atoms with Gasteiger partial charge in [0.15, 0.2) is 0 Å². The summed E-state index contributed by atoms with van der Waals surface area (Å²) in [5, 5.41) is 16.5. The fourth-order valence-corrected chi connectivity index (χ4v) is 2.84. The lowest BCUT2D eigenvalue weighted by atomic mass is 10.1. The summed E-state index contributed by atoms with van der Waals surface area (Å²) in [5.74, 6) is 0.743. The zero-order chi connectivity index (χ0) is 17.9. The topological polar surface area (TPSA) is 75.3 Å². The predicted octanol–water partition coefficient (Wildman–Crippen LogP) is 4.36. The third kappa shape index (κ3) is 3.00. The van der Waals surface area contributed by atoms with Crippen molar-refractivity contribution in [1.82, 2.24) is 14.5 Å². The number of rotatable bonds is 4. The minimum absolute atomic E-state index is 0.572. The molecule has 0 radical (unpaired) electrons.